The van der Waals surface area contributed by atoms with E-state index in [4.69, 9.17) is 0 Å². The van der Waals surface area contributed by atoms with E-state index in [9.17, 15) is 4.79 Å². The summed E-state index contributed by atoms with van der Waals surface area (Å²) in [6, 6.07) is 7.95. The molecule has 1 unspecified atom stereocenters. The molecule has 14 heavy (non-hydrogen) atoms. The van der Waals surface area contributed by atoms with Crippen LogP contribution in [0.3, 0.4) is 0 Å². The van der Waals surface area contributed by atoms with Crippen molar-refractivity contribution in [3.63, 3.8) is 0 Å². The molecule has 0 aromatic heterocycles. The van der Waals surface area contributed by atoms with Crippen LogP contribution in [0.15, 0.2) is 28.7 Å². The van der Waals surface area contributed by atoms with E-state index >= 15 is 0 Å². The Hall–Kier alpha value is -0.830. The molecular formula is C11H13BrO2. The van der Waals surface area contributed by atoms with Crippen molar-refractivity contribution < 1.29 is 9.53 Å². The molecule has 3 heteroatoms. The van der Waals surface area contributed by atoms with Gasteiger partial charge in [0.25, 0.3) is 0 Å². The summed E-state index contributed by atoms with van der Waals surface area (Å²) in [5.74, 6) is -0.242. The maximum atomic E-state index is 11.2. The number of hydrogen-bond donors (Lipinski definition) is 0. The van der Waals surface area contributed by atoms with Crippen molar-refractivity contribution in [2.75, 3.05) is 7.11 Å². The third-order valence-electron chi connectivity index (χ3n) is 2.06. The monoisotopic (exact) mass is 256 g/mol. The Morgan fingerprint density at radius 2 is 2.00 bits per heavy atom. The first-order valence-corrected chi connectivity index (χ1v) is 5.25. The zero-order valence-corrected chi connectivity index (χ0v) is 9.87. The van der Waals surface area contributed by atoms with Crippen LogP contribution in [-0.2, 0) is 16.0 Å². The van der Waals surface area contributed by atoms with Crippen molar-refractivity contribution in [3.05, 3.63) is 34.3 Å². The number of rotatable bonds is 3. The molecule has 76 valence electrons. The third kappa shape index (κ3) is 3.14. The second-order valence-electron chi connectivity index (χ2n) is 3.25. The first kappa shape index (κ1) is 11.2. The van der Waals surface area contributed by atoms with Gasteiger partial charge in [-0.3, -0.25) is 4.79 Å². The molecule has 0 saturated heterocycles. The van der Waals surface area contributed by atoms with E-state index in [0.717, 1.165) is 16.5 Å². The molecule has 1 rings (SSSR count). The summed E-state index contributed by atoms with van der Waals surface area (Å²) in [5.41, 5.74) is 1.14. The van der Waals surface area contributed by atoms with Gasteiger partial charge in [-0.1, -0.05) is 35.0 Å². The van der Waals surface area contributed by atoms with Gasteiger partial charge in [0.15, 0.2) is 0 Å². The molecular weight excluding hydrogens is 244 g/mol. The number of halogens is 1. The molecule has 1 atom stereocenters. The highest BCUT2D eigenvalue weighted by Gasteiger charge is 2.13. The average molecular weight is 257 g/mol. The number of hydrogen-bond acceptors (Lipinski definition) is 2. The van der Waals surface area contributed by atoms with Crippen LogP contribution in [0.2, 0.25) is 0 Å². The average Bonchev–Trinajstić information content (AvgIpc) is 2.20. The van der Waals surface area contributed by atoms with Gasteiger partial charge in [0.1, 0.15) is 0 Å². The second kappa shape index (κ2) is 5.15. The maximum absolute atomic E-state index is 11.2. The molecule has 2 nitrogen and oxygen atoms in total. The van der Waals surface area contributed by atoms with E-state index in [-0.39, 0.29) is 11.9 Å². The van der Waals surface area contributed by atoms with Crippen LogP contribution in [-0.4, -0.2) is 13.1 Å². The highest BCUT2D eigenvalue weighted by atomic mass is 79.9. The molecule has 0 radical (unpaired) electrons. The van der Waals surface area contributed by atoms with Gasteiger partial charge in [0.2, 0.25) is 0 Å². The van der Waals surface area contributed by atoms with E-state index in [1.807, 2.05) is 31.2 Å². The molecule has 1 aromatic rings. The lowest BCUT2D eigenvalue weighted by Gasteiger charge is -2.08. The molecule has 0 aliphatic carbocycles. The van der Waals surface area contributed by atoms with Crippen LogP contribution in [0, 0.1) is 5.92 Å². The standard InChI is InChI=1S/C11H13BrO2/c1-8(11(13)14-2)7-9-3-5-10(12)6-4-9/h3-6,8H,7H2,1-2H3. The van der Waals surface area contributed by atoms with Gasteiger partial charge in [-0.25, -0.2) is 0 Å². The highest BCUT2D eigenvalue weighted by Crippen LogP contribution is 2.14. The fourth-order valence-electron chi connectivity index (χ4n) is 1.26. The second-order valence-corrected chi connectivity index (χ2v) is 4.17. The molecule has 0 aliphatic heterocycles. The lowest BCUT2D eigenvalue weighted by molar-refractivity contribution is -0.144. The lowest BCUT2D eigenvalue weighted by Crippen LogP contribution is -2.14. The van der Waals surface area contributed by atoms with Gasteiger partial charge in [0, 0.05) is 4.47 Å². The number of benzene rings is 1. The molecule has 0 aliphatic rings. The molecule has 0 heterocycles. The van der Waals surface area contributed by atoms with Crippen LogP contribution in [0.4, 0.5) is 0 Å². The van der Waals surface area contributed by atoms with Gasteiger partial charge in [0.05, 0.1) is 13.0 Å². The molecule has 0 bridgehead atoms. The summed E-state index contributed by atoms with van der Waals surface area (Å²) < 4.78 is 5.71. The minimum absolute atomic E-state index is 0.0822. The zero-order valence-electron chi connectivity index (χ0n) is 8.29. The smallest absolute Gasteiger partial charge is 0.308 e. The van der Waals surface area contributed by atoms with Crippen molar-refractivity contribution in [2.45, 2.75) is 13.3 Å². The van der Waals surface area contributed by atoms with E-state index in [1.165, 1.54) is 7.11 Å². The molecule has 0 amide bonds. The van der Waals surface area contributed by atoms with Crippen LogP contribution < -0.4 is 0 Å². The van der Waals surface area contributed by atoms with Gasteiger partial charge in [-0.2, -0.15) is 0 Å². The normalized spacial score (nSPS) is 12.2. The minimum atomic E-state index is -0.159. The summed E-state index contributed by atoms with van der Waals surface area (Å²) in [7, 11) is 1.42. The Balaban J connectivity index is 2.60. The molecule has 1 aromatic carbocycles. The topological polar surface area (TPSA) is 26.3 Å². The van der Waals surface area contributed by atoms with Gasteiger partial charge >= 0.3 is 5.97 Å². The summed E-state index contributed by atoms with van der Waals surface area (Å²) in [6.07, 6.45) is 0.722. The number of methoxy groups -OCH3 is 1. The van der Waals surface area contributed by atoms with E-state index < -0.39 is 0 Å². The van der Waals surface area contributed by atoms with E-state index in [1.54, 1.807) is 0 Å². The predicted octanol–water partition coefficient (Wildman–Crippen LogP) is 2.80. The van der Waals surface area contributed by atoms with Crippen LogP contribution in [0.5, 0.6) is 0 Å². The molecule has 0 spiro atoms. The van der Waals surface area contributed by atoms with Crippen molar-refractivity contribution in [1.82, 2.24) is 0 Å². The van der Waals surface area contributed by atoms with Crippen molar-refractivity contribution in [3.8, 4) is 0 Å². The van der Waals surface area contributed by atoms with E-state index in [0.29, 0.717) is 0 Å². The van der Waals surface area contributed by atoms with Crippen LogP contribution in [0.1, 0.15) is 12.5 Å². The van der Waals surface area contributed by atoms with Crippen LogP contribution >= 0.6 is 15.9 Å². The van der Waals surface area contributed by atoms with Gasteiger partial charge in [-0.05, 0) is 24.1 Å². The first-order chi connectivity index (χ1) is 6.63. The number of esters is 1. The molecule has 0 N–H and O–H groups in total. The van der Waals surface area contributed by atoms with E-state index in [2.05, 4.69) is 20.7 Å². The Labute approximate surface area is 92.4 Å². The summed E-state index contributed by atoms with van der Waals surface area (Å²) >= 11 is 3.36. The Bertz CT molecular complexity index is 306. The van der Waals surface area contributed by atoms with Gasteiger partial charge < -0.3 is 4.74 Å². The minimum Gasteiger partial charge on any atom is -0.469 e. The summed E-state index contributed by atoms with van der Waals surface area (Å²) in [6.45, 7) is 1.87. The lowest BCUT2D eigenvalue weighted by atomic mass is 10.0. The van der Waals surface area contributed by atoms with Crippen molar-refractivity contribution >= 4 is 21.9 Å². The quantitative estimate of drug-likeness (QED) is 0.778. The van der Waals surface area contributed by atoms with Crippen molar-refractivity contribution in [2.24, 2.45) is 5.92 Å². The maximum Gasteiger partial charge on any atom is 0.308 e. The number of carbonyl (C=O) groups is 1. The third-order valence-corrected chi connectivity index (χ3v) is 2.59. The number of carbonyl (C=O) groups excluding carboxylic acids is 1. The summed E-state index contributed by atoms with van der Waals surface area (Å²) in [5, 5.41) is 0. The number of ether oxygens (including phenoxy) is 1. The fraction of sp³-hybridized carbons (Fsp3) is 0.364. The fourth-order valence-corrected chi connectivity index (χ4v) is 1.52. The SMILES string of the molecule is COC(=O)C(C)Cc1ccc(Br)cc1. The summed E-state index contributed by atoms with van der Waals surface area (Å²) in [4.78, 5) is 11.2. The largest absolute Gasteiger partial charge is 0.469 e. The van der Waals surface area contributed by atoms with Crippen molar-refractivity contribution in [1.29, 1.82) is 0 Å². The Kier molecular flexibility index (Phi) is 4.14. The first-order valence-electron chi connectivity index (χ1n) is 4.45. The Morgan fingerprint density at radius 3 is 2.50 bits per heavy atom. The van der Waals surface area contributed by atoms with Gasteiger partial charge in [-0.15, -0.1) is 0 Å². The molecule has 0 fully saturated rings. The molecule has 0 saturated carbocycles. The highest BCUT2D eigenvalue weighted by molar-refractivity contribution is 9.10. The predicted molar refractivity (Wildman–Crippen MR) is 59.0 cm³/mol. The van der Waals surface area contributed by atoms with Crippen LogP contribution in [0.25, 0.3) is 0 Å². The zero-order chi connectivity index (χ0) is 10.6. The Morgan fingerprint density at radius 1 is 1.43 bits per heavy atom.